The van der Waals surface area contributed by atoms with E-state index in [-0.39, 0.29) is 17.9 Å². The molecule has 3 atom stereocenters. The largest absolute Gasteiger partial charge is 0.375 e. The molecule has 2 aromatic rings. The topological polar surface area (TPSA) is 12.0 Å². The Labute approximate surface area is 132 Å². The summed E-state index contributed by atoms with van der Waals surface area (Å²) < 4.78 is 27.8. The predicted octanol–water partition coefficient (Wildman–Crippen LogP) is 5.44. The van der Waals surface area contributed by atoms with Gasteiger partial charge < -0.3 is 5.32 Å². The van der Waals surface area contributed by atoms with Crippen molar-refractivity contribution < 1.29 is 8.78 Å². The molecule has 4 rings (SSSR count). The SMILES string of the molecule is Fc1cc(F)c2c(c1)[C@@H]1C=CC[C@H]1[C@H](c1ccccc1Cl)N2. The van der Waals surface area contributed by atoms with Gasteiger partial charge in [-0.05, 0) is 35.6 Å². The number of hydrogen-bond donors (Lipinski definition) is 1. The van der Waals surface area contributed by atoms with Gasteiger partial charge >= 0.3 is 0 Å². The van der Waals surface area contributed by atoms with Crippen LogP contribution in [0, 0.1) is 17.6 Å². The van der Waals surface area contributed by atoms with E-state index in [1.54, 1.807) is 0 Å². The molecule has 4 heteroatoms. The van der Waals surface area contributed by atoms with Crippen LogP contribution in [0.2, 0.25) is 5.02 Å². The van der Waals surface area contributed by atoms with Crippen LogP contribution in [0.1, 0.15) is 29.5 Å². The maximum Gasteiger partial charge on any atom is 0.149 e. The first-order chi connectivity index (χ1) is 10.6. The molecule has 2 aliphatic rings. The van der Waals surface area contributed by atoms with Crippen LogP contribution in [0.5, 0.6) is 0 Å². The van der Waals surface area contributed by atoms with Gasteiger partial charge in [0.2, 0.25) is 0 Å². The van der Waals surface area contributed by atoms with Crippen LogP contribution in [-0.2, 0) is 0 Å². The zero-order valence-electron chi connectivity index (χ0n) is 11.7. The van der Waals surface area contributed by atoms with Crippen molar-refractivity contribution in [2.45, 2.75) is 18.4 Å². The van der Waals surface area contributed by atoms with Gasteiger partial charge in [0.25, 0.3) is 0 Å². The summed E-state index contributed by atoms with van der Waals surface area (Å²) >= 11 is 6.33. The Morgan fingerprint density at radius 1 is 1.09 bits per heavy atom. The fraction of sp³-hybridized carbons (Fsp3) is 0.222. The van der Waals surface area contributed by atoms with E-state index in [2.05, 4.69) is 11.4 Å². The van der Waals surface area contributed by atoms with E-state index in [0.29, 0.717) is 16.3 Å². The number of fused-ring (bicyclic) bond motifs is 3. The number of rotatable bonds is 1. The molecule has 0 unspecified atom stereocenters. The summed E-state index contributed by atoms with van der Waals surface area (Å²) in [5.74, 6) is -0.851. The van der Waals surface area contributed by atoms with Crippen molar-refractivity contribution in [1.29, 1.82) is 0 Å². The molecule has 0 aromatic heterocycles. The molecule has 0 amide bonds. The van der Waals surface area contributed by atoms with Crippen molar-refractivity contribution in [3.8, 4) is 0 Å². The van der Waals surface area contributed by atoms with E-state index < -0.39 is 11.6 Å². The Hall–Kier alpha value is -1.87. The van der Waals surface area contributed by atoms with Gasteiger partial charge in [-0.1, -0.05) is 42.0 Å². The first-order valence-corrected chi connectivity index (χ1v) is 7.69. The van der Waals surface area contributed by atoms with Crippen LogP contribution in [0.4, 0.5) is 14.5 Å². The maximum atomic E-state index is 14.2. The molecule has 1 aliphatic heterocycles. The van der Waals surface area contributed by atoms with Gasteiger partial charge in [0, 0.05) is 17.0 Å². The van der Waals surface area contributed by atoms with E-state index in [4.69, 9.17) is 11.6 Å². The minimum Gasteiger partial charge on any atom is -0.375 e. The molecule has 1 nitrogen and oxygen atoms in total. The quantitative estimate of drug-likeness (QED) is 0.690. The fourth-order valence-corrected chi connectivity index (χ4v) is 3.91. The summed E-state index contributed by atoms with van der Waals surface area (Å²) in [6, 6.07) is 9.88. The summed E-state index contributed by atoms with van der Waals surface area (Å²) in [5, 5.41) is 3.92. The third-order valence-corrected chi connectivity index (χ3v) is 4.97. The highest BCUT2D eigenvalue weighted by Gasteiger charge is 2.39. The molecule has 2 aromatic carbocycles. The van der Waals surface area contributed by atoms with E-state index in [1.807, 2.05) is 30.3 Å². The second-order valence-corrected chi connectivity index (χ2v) is 6.26. The van der Waals surface area contributed by atoms with Crippen LogP contribution >= 0.6 is 11.6 Å². The van der Waals surface area contributed by atoms with Crippen LogP contribution in [0.25, 0.3) is 0 Å². The monoisotopic (exact) mass is 317 g/mol. The van der Waals surface area contributed by atoms with Gasteiger partial charge in [-0.25, -0.2) is 8.78 Å². The second kappa shape index (κ2) is 5.10. The molecule has 1 heterocycles. The van der Waals surface area contributed by atoms with Crippen molar-refractivity contribution in [2.75, 3.05) is 5.32 Å². The van der Waals surface area contributed by atoms with Crippen LogP contribution < -0.4 is 5.32 Å². The maximum absolute atomic E-state index is 14.2. The predicted molar refractivity (Wildman–Crippen MR) is 84.2 cm³/mol. The van der Waals surface area contributed by atoms with E-state index in [0.717, 1.165) is 18.1 Å². The molecular formula is C18H14ClF2N. The smallest absolute Gasteiger partial charge is 0.149 e. The second-order valence-electron chi connectivity index (χ2n) is 5.85. The van der Waals surface area contributed by atoms with E-state index in [9.17, 15) is 8.78 Å². The minimum atomic E-state index is -0.550. The Bertz CT molecular complexity index is 772. The van der Waals surface area contributed by atoms with Gasteiger partial charge in [0.15, 0.2) is 0 Å². The van der Waals surface area contributed by atoms with Crippen LogP contribution in [-0.4, -0.2) is 0 Å². The number of nitrogens with one attached hydrogen (secondary N) is 1. The summed E-state index contributed by atoms with van der Waals surface area (Å²) in [6.45, 7) is 0. The summed E-state index contributed by atoms with van der Waals surface area (Å²) in [7, 11) is 0. The number of allylic oxidation sites excluding steroid dienone is 2. The van der Waals surface area contributed by atoms with Crippen molar-refractivity contribution in [3.05, 3.63) is 76.3 Å². The molecular weight excluding hydrogens is 304 g/mol. The third-order valence-electron chi connectivity index (χ3n) is 4.63. The molecule has 112 valence electrons. The molecule has 1 N–H and O–H groups in total. The number of halogens is 3. The van der Waals surface area contributed by atoms with E-state index in [1.165, 1.54) is 6.07 Å². The molecule has 0 fully saturated rings. The number of benzene rings is 2. The van der Waals surface area contributed by atoms with Crippen molar-refractivity contribution in [1.82, 2.24) is 0 Å². The highest BCUT2D eigenvalue weighted by atomic mass is 35.5. The summed E-state index contributed by atoms with van der Waals surface area (Å²) in [6.07, 6.45) is 5.00. The van der Waals surface area contributed by atoms with Gasteiger partial charge in [-0.3, -0.25) is 0 Å². The third kappa shape index (κ3) is 2.03. The molecule has 0 radical (unpaired) electrons. The van der Waals surface area contributed by atoms with Crippen molar-refractivity contribution in [2.24, 2.45) is 5.92 Å². The molecule has 22 heavy (non-hydrogen) atoms. The number of anilines is 1. The zero-order valence-corrected chi connectivity index (χ0v) is 12.4. The molecule has 0 spiro atoms. The Morgan fingerprint density at radius 3 is 2.73 bits per heavy atom. The first kappa shape index (κ1) is 13.8. The molecule has 1 aliphatic carbocycles. The van der Waals surface area contributed by atoms with Crippen LogP contribution in [0.15, 0.2) is 48.6 Å². The first-order valence-electron chi connectivity index (χ1n) is 7.31. The number of hydrogen-bond acceptors (Lipinski definition) is 1. The lowest BCUT2D eigenvalue weighted by molar-refractivity contribution is 0.418. The lowest BCUT2D eigenvalue weighted by atomic mass is 9.77. The zero-order chi connectivity index (χ0) is 15.3. The fourth-order valence-electron chi connectivity index (χ4n) is 3.66. The van der Waals surface area contributed by atoms with Crippen molar-refractivity contribution in [3.63, 3.8) is 0 Å². The van der Waals surface area contributed by atoms with Gasteiger partial charge in [0.1, 0.15) is 11.6 Å². The Morgan fingerprint density at radius 2 is 1.91 bits per heavy atom. The Balaban J connectivity index is 1.86. The highest BCUT2D eigenvalue weighted by Crippen LogP contribution is 2.51. The lowest BCUT2D eigenvalue weighted by Crippen LogP contribution is -2.30. The average molecular weight is 318 g/mol. The van der Waals surface area contributed by atoms with Crippen LogP contribution in [0.3, 0.4) is 0 Å². The molecule has 0 saturated heterocycles. The van der Waals surface area contributed by atoms with Gasteiger partial charge in [-0.15, -0.1) is 0 Å². The standard InChI is InChI=1S/C18H14ClF2N/c19-15-7-2-1-4-13(15)17-12-6-3-5-11(12)14-8-10(20)9-16(21)18(14)22-17/h1-5,7-9,11-12,17,22H,6H2/t11-,12-,17-/m1/s1. The van der Waals surface area contributed by atoms with Gasteiger partial charge in [-0.2, -0.15) is 0 Å². The Kier molecular flexibility index (Phi) is 3.19. The molecule has 0 saturated carbocycles. The average Bonchev–Trinajstić information content (AvgIpc) is 2.97. The lowest BCUT2D eigenvalue weighted by Gasteiger charge is -2.38. The van der Waals surface area contributed by atoms with Crippen molar-refractivity contribution >= 4 is 17.3 Å². The minimum absolute atomic E-state index is 0.0164. The highest BCUT2D eigenvalue weighted by molar-refractivity contribution is 6.31. The summed E-state index contributed by atoms with van der Waals surface area (Å²) in [4.78, 5) is 0. The van der Waals surface area contributed by atoms with E-state index >= 15 is 0 Å². The van der Waals surface area contributed by atoms with Gasteiger partial charge in [0.05, 0.1) is 11.7 Å². The molecule has 0 bridgehead atoms. The summed E-state index contributed by atoms with van der Waals surface area (Å²) in [5.41, 5.74) is 2.04. The normalized spacial score (nSPS) is 25.5.